The van der Waals surface area contributed by atoms with Crippen LogP contribution in [0.2, 0.25) is 0 Å². The van der Waals surface area contributed by atoms with Crippen LogP contribution >= 0.6 is 0 Å². The third kappa shape index (κ3) is 0.973. The molecule has 1 aliphatic rings. The zero-order chi connectivity index (χ0) is 9.38. The van der Waals surface area contributed by atoms with Crippen LogP contribution in [-0.4, -0.2) is 4.57 Å². The molecule has 2 nitrogen and oxygen atoms in total. The number of fused-ring (bicyclic) bond motifs is 3. The fraction of sp³-hybridized carbons (Fsp3) is 0. The van der Waals surface area contributed by atoms with E-state index in [4.69, 9.17) is 4.74 Å². The van der Waals surface area contributed by atoms with Crippen LogP contribution in [0.5, 0.6) is 5.88 Å². The molecule has 0 saturated heterocycles. The third-order valence-electron chi connectivity index (χ3n) is 2.33. The maximum atomic E-state index is 5.45. The molecule has 2 heteroatoms. The number of hydrogen-bond donors (Lipinski definition) is 0. The van der Waals surface area contributed by atoms with Gasteiger partial charge < -0.3 is 4.74 Å². The van der Waals surface area contributed by atoms with Crippen LogP contribution in [0.1, 0.15) is 0 Å². The second kappa shape index (κ2) is 2.77. The molecule has 0 bridgehead atoms. The monoisotopic (exact) mass is 183 g/mol. The summed E-state index contributed by atoms with van der Waals surface area (Å²) in [6.45, 7) is 0. The molecule has 0 atom stereocenters. The maximum absolute atomic E-state index is 5.45. The van der Waals surface area contributed by atoms with Crippen molar-refractivity contribution in [2.75, 3.05) is 0 Å². The largest absolute Gasteiger partial charge is 0.448 e. The molecule has 1 aromatic heterocycles. The molecule has 2 heterocycles. The van der Waals surface area contributed by atoms with Gasteiger partial charge in [-0.1, -0.05) is 18.2 Å². The van der Waals surface area contributed by atoms with Gasteiger partial charge in [-0.15, -0.1) is 0 Å². The molecule has 1 aromatic carbocycles. The summed E-state index contributed by atoms with van der Waals surface area (Å²) < 4.78 is 7.49. The highest BCUT2D eigenvalue weighted by atomic mass is 16.5. The van der Waals surface area contributed by atoms with Crippen molar-refractivity contribution < 1.29 is 4.74 Å². The first kappa shape index (κ1) is 7.44. The molecule has 1 aliphatic heterocycles. The molecule has 0 aliphatic carbocycles. The number of ether oxygens (including phenoxy) is 1. The summed E-state index contributed by atoms with van der Waals surface area (Å²) in [5.74, 6) is 0.858. The molecule has 0 fully saturated rings. The topological polar surface area (TPSA) is 14.2 Å². The van der Waals surface area contributed by atoms with E-state index in [1.807, 2.05) is 41.1 Å². The van der Waals surface area contributed by atoms with E-state index in [-0.39, 0.29) is 0 Å². The Morgan fingerprint density at radius 3 is 3.00 bits per heavy atom. The number of allylic oxidation sites excluding steroid dienone is 2. The number of aromatic nitrogens is 1. The van der Waals surface area contributed by atoms with Gasteiger partial charge in [-0.3, -0.25) is 4.57 Å². The van der Waals surface area contributed by atoms with Gasteiger partial charge in [0.05, 0.1) is 11.8 Å². The SMILES string of the molecule is C1=COc2cc3ccccc3n2C=C1. The van der Waals surface area contributed by atoms with Crippen molar-refractivity contribution in [3.63, 3.8) is 0 Å². The van der Waals surface area contributed by atoms with Gasteiger partial charge in [-0.05, 0) is 18.2 Å². The van der Waals surface area contributed by atoms with Gasteiger partial charge in [0, 0.05) is 17.7 Å². The average Bonchev–Trinajstić information content (AvgIpc) is 2.42. The van der Waals surface area contributed by atoms with Crippen LogP contribution in [0.25, 0.3) is 17.1 Å². The van der Waals surface area contributed by atoms with E-state index in [0.29, 0.717) is 0 Å². The normalized spacial score (nSPS) is 13.7. The van der Waals surface area contributed by atoms with Crippen LogP contribution in [0.15, 0.2) is 48.7 Å². The zero-order valence-electron chi connectivity index (χ0n) is 7.55. The Morgan fingerprint density at radius 1 is 1.07 bits per heavy atom. The molecule has 3 rings (SSSR count). The molecule has 0 amide bonds. The van der Waals surface area contributed by atoms with Crippen molar-refractivity contribution >= 4 is 17.1 Å². The number of hydrogen-bond acceptors (Lipinski definition) is 1. The van der Waals surface area contributed by atoms with Crippen molar-refractivity contribution in [3.05, 3.63) is 48.7 Å². The molecule has 0 radical (unpaired) electrons. The Hall–Kier alpha value is -1.96. The van der Waals surface area contributed by atoms with Gasteiger partial charge in [0.15, 0.2) is 0 Å². The van der Waals surface area contributed by atoms with Gasteiger partial charge in [-0.2, -0.15) is 0 Å². The lowest BCUT2D eigenvalue weighted by Crippen LogP contribution is -1.88. The second-order valence-corrected chi connectivity index (χ2v) is 3.20. The highest BCUT2D eigenvalue weighted by molar-refractivity contribution is 5.84. The van der Waals surface area contributed by atoms with E-state index in [2.05, 4.69) is 12.1 Å². The molecule has 68 valence electrons. The van der Waals surface area contributed by atoms with Crippen molar-refractivity contribution in [3.8, 4) is 5.88 Å². The smallest absolute Gasteiger partial charge is 0.204 e. The third-order valence-corrected chi connectivity index (χ3v) is 2.33. The zero-order valence-corrected chi connectivity index (χ0v) is 7.55. The summed E-state index contributed by atoms with van der Waals surface area (Å²) in [6, 6.07) is 10.3. The summed E-state index contributed by atoms with van der Waals surface area (Å²) in [5.41, 5.74) is 1.17. The van der Waals surface area contributed by atoms with E-state index in [0.717, 1.165) is 5.88 Å². The summed E-state index contributed by atoms with van der Waals surface area (Å²) in [5, 5.41) is 1.20. The summed E-state index contributed by atoms with van der Waals surface area (Å²) in [7, 11) is 0. The lowest BCUT2D eigenvalue weighted by molar-refractivity contribution is 0.459. The van der Waals surface area contributed by atoms with Gasteiger partial charge >= 0.3 is 0 Å². The maximum Gasteiger partial charge on any atom is 0.204 e. The first-order valence-corrected chi connectivity index (χ1v) is 4.55. The van der Waals surface area contributed by atoms with E-state index in [1.54, 1.807) is 6.26 Å². The standard InChI is InChI=1S/C12H9NO/c1-2-6-11-10(5-1)9-12-13(11)7-3-4-8-14-12/h1-9H. The van der Waals surface area contributed by atoms with Crippen molar-refractivity contribution in [1.29, 1.82) is 0 Å². The average molecular weight is 183 g/mol. The molecule has 0 unspecified atom stereocenters. The molecule has 0 saturated carbocycles. The molecule has 0 N–H and O–H groups in total. The molecule has 2 aromatic rings. The first-order chi connectivity index (χ1) is 6.95. The van der Waals surface area contributed by atoms with Crippen LogP contribution in [0, 0.1) is 0 Å². The van der Waals surface area contributed by atoms with E-state index in [1.165, 1.54) is 10.9 Å². The van der Waals surface area contributed by atoms with Crippen LogP contribution < -0.4 is 4.74 Å². The fourth-order valence-corrected chi connectivity index (χ4v) is 1.68. The lowest BCUT2D eigenvalue weighted by Gasteiger charge is -2.00. The van der Waals surface area contributed by atoms with E-state index < -0.39 is 0 Å². The predicted octanol–water partition coefficient (Wildman–Crippen LogP) is 3.02. The van der Waals surface area contributed by atoms with Gasteiger partial charge in [0.1, 0.15) is 0 Å². The fourth-order valence-electron chi connectivity index (χ4n) is 1.68. The molecule has 0 spiro atoms. The Kier molecular flexibility index (Phi) is 1.47. The molecular weight excluding hydrogens is 174 g/mol. The van der Waals surface area contributed by atoms with Crippen molar-refractivity contribution in [2.24, 2.45) is 0 Å². The Labute approximate surface area is 81.7 Å². The Balaban J connectivity index is 2.37. The highest BCUT2D eigenvalue weighted by Crippen LogP contribution is 2.26. The van der Waals surface area contributed by atoms with Crippen LogP contribution in [-0.2, 0) is 0 Å². The first-order valence-electron chi connectivity index (χ1n) is 4.55. The van der Waals surface area contributed by atoms with Gasteiger partial charge in [0.25, 0.3) is 0 Å². The van der Waals surface area contributed by atoms with E-state index in [9.17, 15) is 0 Å². The van der Waals surface area contributed by atoms with Crippen LogP contribution in [0.4, 0.5) is 0 Å². The minimum absolute atomic E-state index is 0.858. The van der Waals surface area contributed by atoms with E-state index >= 15 is 0 Å². The number of benzene rings is 1. The number of nitrogens with zero attached hydrogens (tertiary/aromatic N) is 1. The number of rotatable bonds is 0. The van der Waals surface area contributed by atoms with Crippen molar-refractivity contribution in [2.45, 2.75) is 0 Å². The molecular formula is C12H9NO. The summed E-state index contributed by atoms with van der Waals surface area (Å²) >= 11 is 0. The minimum Gasteiger partial charge on any atom is -0.448 e. The van der Waals surface area contributed by atoms with Crippen LogP contribution in [0.3, 0.4) is 0 Å². The van der Waals surface area contributed by atoms with Crippen molar-refractivity contribution in [1.82, 2.24) is 4.57 Å². The van der Waals surface area contributed by atoms with Gasteiger partial charge in [-0.25, -0.2) is 0 Å². The quantitative estimate of drug-likeness (QED) is 0.612. The minimum atomic E-state index is 0.858. The Morgan fingerprint density at radius 2 is 2.00 bits per heavy atom. The highest BCUT2D eigenvalue weighted by Gasteiger charge is 2.06. The Bertz CT molecular complexity index is 534. The lowest BCUT2D eigenvalue weighted by atomic mass is 10.2. The predicted molar refractivity (Wildman–Crippen MR) is 57.0 cm³/mol. The number of para-hydroxylation sites is 1. The second-order valence-electron chi connectivity index (χ2n) is 3.20. The molecule has 14 heavy (non-hydrogen) atoms. The summed E-state index contributed by atoms with van der Waals surface area (Å²) in [6.07, 6.45) is 7.53. The van der Waals surface area contributed by atoms with Gasteiger partial charge in [0.2, 0.25) is 5.88 Å². The summed E-state index contributed by atoms with van der Waals surface area (Å²) in [4.78, 5) is 0.